The van der Waals surface area contributed by atoms with Crippen LogP contribution in [0.2, 0.25) is 4.34 Å². The van der Waals surface area contributed by atoms with Crippen LogP contribution in [0.3, 0.4) is 0 Å². The van der Waals surface area contributed by atoms with Gasteiger partial charge in [0.1, 0.15) is 10.0 Å². The molecule has 0 amide bonds. The van der Waals surface area contributed by atoms with Crippen LogP contribution in [0.4, 0.5) is 0 Å². The van der Waals surface area contributed by atoms with Crippen LogP contribution in [0.15, 0.2) is 0 Å². The van der Waals surface area contributed by atoms with Gasteiger partial charge in [0.25, 0.3) is 0 Å². The molecule has 0 aliphatic heterocycles. The number of hydrogen-bond acceptors (Lipinski definition) is 5. The second-order valence-electron chi connectivity index (χ2n) is 2.28. The van der Waals surface area contributed by atoms with Crippen LogP contribution < -0.4 is 0 Å². The van der Waals surface area contributed by atoms with Crippen LogP contribution in [0.1, 0.15) is 12.6 Å². The molecule has 1 N–H and O–H groups in total. The van der Waals surface area contributed by atoms with E-state index in [0.29, 0.717) is 10.0 Å². The Morgan fingerprint density at radius 2 is 2.54 bits per heavy atom. The third-order valence-electron chi connectivity index (χ3n) is 1.33. The number of nitrogens with zero attached hydrogens (tertiary/aromatic N) is 2. The quantitative estimate of drug-likeness (QED) is 0.828. The van der Waals surface area contributed by atoms with E-state index >= 15 is 0 Å². The summed E-state index contributed by atoms with van der Waals surface area (Å²) in [7, 11) is 0. The standard InChI is InChI=1S/C6H7ClN2O3S/c1-3(6(10)11)12-2-4-5(7)13-9-8-4/h3H,2H2,1H3,(H,10,11). The molecule has 1 atom stereocenters. The van der Waals surface area contributed by atoms with Gasteiger partial charge < -0.3 is 9.84 Å². The lowest BCUT2D eigenvalue weighted by Crippen LogP contribution is -2.19. The number of ether oxygens (including phenoxy) is 1. The zero-order valence-electron chi connectivity index (χ0n) is 6.73. The second-order valence-corrected chi connectivity index (χ2v) is 3.64. The molecule has 0 radical (unpaired) electrons. The van der Waals surface area contributed by atoms with Gasteiger partial charge in [-0.1, -0.05) is 16.1 Å². The zero-order chi connectivity index (χ0) is 9.84. The molecule has 72 valence electrons. The molecule has 7 heteroatoms. The number of carbonyl (C=O) groups is 1. The van der Waals surface area contributed by atoms with Crippen molar-refractivity contribution < 1.29 is 14.6 Å². The maximum Gasteiger partial charge on any atom is 0.332 e. The Bertz CT molecular complexity index is 304. The Morgan fingerprint density at radius 3 is 3.00 bits per heavy atom. The van der Waals surface area contributed by atoms with Crippen molar-refractivity contribution in [3.05, 3.63) is 10.0 Å². The molecule has 5 nitrogen and oxygen atoms in total. The number of halogens is 1. The van der Waals surface area contributed by atoms with Gasteiger partial charge in [-0.05, 0) is 6.92 Å². The van der Waals surface area contributed by atoms with E-state index < -0.39 is 12.1 Å². The summed E-state index contributed by atoms with van der Waals surface area (Å²) in [4.78, 5) is 10.4. The van der Waals surface area contributed by atoms with E-state index in [1.165, 1.54) is 6.92 Å². The SMILES string of the molecule is CC(OCc1nnsc1Cl)C(=O)O. The molecular formula is C6H7ClN2O3S. The first-order chi connectivity index (χ1) is 6.11. The number of aliphatic carboxylic acids is 1. The summed E-state index contributed by atoms with van der Waals surface area (Å²) in [6.07, 6.45) is -0.863. The average Bonchev–Trinajstić information content (AvgIpc) is 2.47. The summed E-state index contributed by atoms with van der Waals surface area (Å²) in [5, 5.41) is 12.2. The molecule has 0 aliphatic carbocycles. The van der Waals surface area contributed by atoms with Crippen LogP contribution in [0, 0.1) is 0 Å². The van der Waals surface area contributed by atoms with Gasteiger partial charge in [-0.2, -0.15) is 0 Å². The van der Waals surface area contributed by atoms with E-state index in [1.54, 1.807) is 0 Å². The summed E-state index contributed by atoms with van der Waals surface area (Å²) < 4.78 is 8.95. The number of carboxylic acid groups (broad SMARTS) is 1. The summed E-state index contributed by atoms with van der Waals surface area (Å²) >= 11 is 6.71. The lowest BCUT2D eigenvalue weighted by molar-refractivity contribution is -0.149. The van der Waals surface area contributed by atoms with Crippen molar-refractivity contribution in [2.75, 3.05) is 0 Å². The molecule has 0 saturated carbocycles. The lowest BCUT2D eigenvalue weighted by Gasteiger charge is -2.05. The molecular weight excluding hydrogens is 216 g/mol. The highest BCUT2D eigenvalue weighted by molar-refractivity contribution is 7.10. The monoisotopic (exact) mass is 222 g/mol. The molecule has 13 heavy (non-hydrogen) atoms. The minimum Gasteiger partial charge on any atom is -0.479 e. The summed E-state index contributed by atoms with van der Waals surface area (Å²) in [6, 6.07) is 0. The van der Waals surface area contributed by atoms with Crippen molar-refractivity contribution >= 4 is 29.1 Å². The minimum absolute atomic E-state index is 0.0722. The smallest absolute Gasteiger partial charge is 0.332 e. The Hall–Kier alpha value is -0.720. The zero-order valence-corrected chi connectivity index (χ0v) is 8.30. The number of aromatic nitrogens is 2. The molecule has 0 fully saturated rings. The summed E-state index contributed by atoms with van der Waals surface area (Å²) in [5.74, 6) is -1.01. The molecule has 1 aromatic heterocycles. The van der Waals surface area contributed by atoms with Gasteiger partial charge in [-0.15, -0.1) is 5.10 Å². The highest BCUT2D eigenvalue weighted by atomic mass is 35.5. The Labute approximate surface area is 83.5 Å². The average molecular weight is 223 g/mol. The van der Waals surface area contributed by atoms with Gasteiger partial charge >= 0.3 is 5.97 Å². The molecule has 0 aliphatic rings. The normalized spacial score (nSPS) is 12.8. The van der Waals surface area contributed by atoms with E-state index in [2.05, 4.69) is 9.59 Å². The van der Waals surface area contributed by atoms with Crippen molar-refractivity contribution in [1.29, 1.82) is 0 Å². The Balaban J connectivity index is 2.44. The van der Waals surface area contributed by atoms with Crippen molar-refractivity contribution in [2.24, 2.45) is 0 Å². The molecule has 1 unspecified atom stereocenters. The predicted octanol–water partition coefficient (Wildman–Crippen LogP) is 1.18. The van der Waals surface area contributed by atoms with Gasteiger partial charge in [0.05, 0.1) is 6.61 Å². The summed E-state index contributed by atoms with van der Waals surface area (Å²) in [5.41, 5.74) is 0.472. The predicted molar refractivity (Wildman–Crippen MR) is 46.8 cm³/mol. The van der Waals surface area contributed by atoms with E-state index in [1.807, 2.05) is 0 Å². The van der Waals surface area contributed by atoms with Crippen molar-refractivity contribution in [1.82, 2.24) is 9.59 Å². The van der Waals surface area contributed by atoms with Gasteiger partial charge in [-0.25, -0.2) is 4.79 Å². The largest absolute Gasteiger partial charge is 0.479 e. The van der Waals surface area contributed by atoms with Crippen LogP contribution in [-0.4, -0.2) is 26.8 Å². The fourth-order valence-electron chi connectivity index (χ4n) is 0.558. The van der Waals surface area contributed by atoms with E-state index in [0.717, 1.165) is 11.5 Å². The van der Waals surface area contributed by atoms with E-state index in [4.69, 9.17) is 21.4 Å². The van der Waals surface area contributed by atoms with E-state index in [-0.39, 0.29) is 6.61 Å². The summed E-state index contributed by atoms with van der Waals surface area (Å²) in [6.45, 7) is 1.51. The minimum atomic E-state index is -1.01. The fraction of sp³-hybridized carbons (Fsp3) is 0.500. The molecule has 0 bridgehead atoms. The highest BCUT2D eigenvalue weighted by Crippen LogP contribution is 2.18. The van der Waals surface area contributed by atoms with Gasteiger partial charge in [0.2, 0.25) is 0 Å². The molecule has 1 aromatic rings. The number of carboxylic acids is 1. The Kier molecular flexibility index (Phi) is 3.58. The van der Waals surface area contributed by atoms with Gasteiger partial charge in [0.15, 0.2) is 6.10 Å². The fourth-order valence-corrected chi connectivity index (χ4v) is 1.16. The molecule has 1 rings (SSSR count). The van der Waals surface area contributed by atoms with Crippen molar-refractivity contribution in [3.8, 4) is 0 Å². The second kappa shape index (κ2) is 4.50. The number of rotatable bonds is 4. The molecule has 1 heterocycles. The third kappa shape index (κ3) is 2.91. The number of hydrogen-bond donors (Lipinski definition) is 1. The first kappa shape index (κ1) is 10.4. The van der Waals surface area contributed by atoms with Crippen molar-refractivity contribution in [3.63, 3.8) is 0 Å². The van der Waals surface area contributed by atoms with Crippen molar-refractivity contribution in [2.45, 2.75) is 19.6 Å². The van der Waals surface area contributed by atoms with E-state index in [9.17, 15) is 4.79 Å². The third-order valence-corrected chi connectivity index (χ3v) is 2.31. The molecule has 0 spiro atoms. The van der Waals surface area contributed by atoms with Gasteiger partial charge in [-0.3, -0.25) is 0 Å². The highest BCUT2D eigenvalue weighted by Gasteiger charge is 2.13. The Morgan fingerprint density at radius 1 is 1.85 bits per heavy atom. The van der Waals surface area contributed by atoms with Crippen LogP contribution in [0.25, 0.3) is 0 Å². The van der Waals surface area contributed by atoms with Crippen LogP contribution in [0.5, 0.6) is 0 Å². The lowest BCUT2D eigenvalue weighted by atomic mass is 10.4. The maximum atomic E-state index is 10.4. The molecule has 0 aromatic carbocycles. The topological polar surface area (TPSA) is 72.3 Å². The maximum absolute atomic E-state index is 10.4. The molecule has 0 saturated heterocycles. The van der Waals surface area contributed by atoms with Gasteiger partial charge in [0, 0.05) is 11.5 Å². The first-order valence-corrected chi connectivity index (χ1v) is 4.57. The first-order valence-electron chi connectivity index (χ1n) is 3.42. The van der Waals surface area contributed by atoms with Crippen LogP contribution >= 0.6 is 23.1 Å². The van der Waals surface area contributed by atoms with Crippen LogP contribution in [-0.2, 0) is 16.1 Å².